The largest absolute Gasteiger partial charge is 0.444 e. The third-order valence-corrected chi connectivity index (χ3v) is 1.66. The summed E-state index contributed by atoms with van der Waals surface area (Å²) in [5.74, 6) is 0.00625. The quantitative estimate of drug-likeness (QED) is 0.791. The number of amides is 1. The number of anilines is 1. The Morgan fingerprint density at radius 3 is 2.25 bits per heavy atom. The minimum absolute atomic E-state index is 0.00625. The highest BCUT2D eigenvalue weighted by atomic mass is 35.5. The van der Waals surface area contributed by atoms with Crippen molar-refractivity contribution in [3.8, 4) is 0 Å². The fraction of sp³-hybridized carbons (Fsp3) is 0.444. The van der Waals surface area contributed by atoms with E-state index in [9.17, 15) is 4.79 Å². The molecule has 0 saturated carbocycles. The molecule has 0 radical (unpaired) electrons. The van der Waals surface area contributed by atoms with Gasteiger partial charge in [0.15, 0.2) is 0 Å². The molecular weight excluding hydrogens is 253 g/mol. The zero-order valence-corrected chi connectivity index (χ0v) is 10.6. The summed E-state index contributed by atoms with van der Waals surface area (Å²) in [7, 11) is 0. The molecule has 1 aromatic heterocycles. The SMILES string of the molecule is CC(C)(C)OC(=O)Nc1nc(Cl)cc(Cl)n1. The average molecular weight is 264 g/mol. The zero-order valence-electron chi connectivity index (χ0n) is 9.04. The van der Waals surface area contributed by atoms with Gasteiger partial charge in [0.05, 0.1) is 0 Å². The van der Waals surface area contributed by atoms with Crippen molar-refractivity contribution >= 4 is 35.2 Å². The Labute approximate surface area is 103 Å². The standard InChI is InChI=1S/C9H11Cl2N3O2/c1-9(2,3)16-8(15)14-7-12-5(10)4-6(11)13-7/h4H,1-3H3,(H,12,13,14,15). The summed E-state index contributed by atoms with van der Waals surface area (Å²) in [6, 6.07) is 1.36. The van der Waals surface area contributed by atoms with Gasteiger partial charge >= 0.3 is 6.09 Å². The van der Waals surface area contributed by atoms with Crippen LogP contribution in [0.15, 0.2) is 6.07 Å². The van der Waals surface area contributed by atoms with Gasteiger partial charge in [-0.1, -0.05) is 23.2 Å². The maximum absolute atomic E-state index is 11.4. The predicted molar refractivity (Wildman–Crippen MR) is 61.9 cm³/mol. The van der Waals surface area contributed by atoms with Crippen molar-refractivity contribution < 1.29 is 9.53 Å². The molecule has 0 aliphatic carbocycles. The molecule has 1 N–H and O–H groups in total. The molecule has 1 aromatic rings. The van der Waals surface area contributed by atoms with Crippen LogP contribution in [0.4, 0.5) is 10.7 Å². The molecule has 0 atom stereocenters. The summed E-state index contributed by atoms with van der Waals surface area (Å²) in [5, 5.41) is 2.62. The van der Waals surface area contributed by atoms with Crippen molar-refractivity contribution in [3.05, 3.63) is 16.4 Å². The minimum atomic E-state index is -0.661. The van der Waals surface area contributed by atoms with Crippen LogP contribution in [0, 0.1) is 0 Å². The number of carbonyl (C=O) groups is 1. The van der Waals surface area contributed by atoms with Crippen LogP contribution in [0.2, 0.25) is 10.3 Å². The molecule has 1 heterocycles. The Balaban J connectivity index is 2.70. The Hall–Kier alpha value is -1.07. The number of nitrogens with one attached hydrogen (secondary N) is 1. The van der Waals surface area contributed by atoms with Gasteiger partial charge in [0.1, 0.15) is 15.9 Å². The molecule has 1 amide bonds. The van der Waals surface area contributed by atoms with E-state index in [4.69, 9.17) is 27.9 Å². The second-order valence-corrected chi connectivity index (χ2v) is 4.74. The molecule has 0 spiro atoms. The van der Waals surface area contributed by atoms with Crippen LogP contribution in [-0.2, 0) is 4.74 Å². The van der Waals surface area contributed by atoms with Gasteiger partial charge in [-0.25, -0.2) is 14.8 Å². The normalized spacial score (nSPS) is 11.1. The Morgan fingerprint density at radius 1 is 1.31 bits per heavy atom. The number of nitrogens with zero attached hydrogens (tertiary/aromatic N) is 2. The molecule has 0 aromatic carbocycles. The molecule has 0 aliphatic rings. The van der Waals surface area contributed by atoms with E-state index in [0.29, 0.717) is 0 Å². The van der Waals surface area contributed by atoms with E-state index >= 15 is 0 Å². The Bertz CT molecular complexity index is 384. The zero-order chi connectivity index (χ0) is 12.3. The summed E-state index contributed by atoms with van der Waals surface area (Å²) >= 11 is 11.3. The number of halogens is 2. The van der Waals surface area contributed by atoms with E-state index in [-0.39, 0.29) is 16.3 Å². The van der Waals surface area contributed by atoms with E-state index in [1.807, 2.05) is 0 Å². The molecule has 0 aliphatic heterocycles. The lowest BCUT2D eigenvalue weighted by Crippen LogP contribution is -2.27. The van der Waals surface area contributed by atoms with Crippen molar-refractivity contribution in [1.82, 2.24) is 9.97 Å². The highest BCUT2D eigenvalue weighted by molar-refractivity contribution is 6.33. The van der Waals surface area contributed by atoms with Crippen LogP contribution in [-0.4, -0.2) is 21.7 Å². The van der Waals surface area contributed by atoms with E-state index in [2.05, 4.69) is 15.3 Å². The monoisotopic (exact) mass is 263 g/mol. The topological polar surface area (TPSA) is 64.1 Å². The van der Waals surface area contributed by atoms with E-state index < -0.39 is 11.7 Å². The molecule has 16 heavy (non-hydrogen) atoms. The maximum atomic E-state index is 11.4. The first-order chi connectivity index (χ1) is 7.26. The molecule has 5 nitrogen and oxygen atoms in total. The third kappa shape index (κ3) is 4.63. The minimum Gasteiger partial charge on any atom is -0.444 e. The van der Waals surface area contributed by atoms with Gasteiger partial charge in [-0.2, -0.15) is 0 Å². The summed E-state index contributed by atoms with van der Waals surface area (Å²) in [6.45, 7) is 5.25. The van der Waals surface area contributed by atoms with Crippen LogP contribution in [0.25, 0.3) is 0 Å². The lowest BCUT2D eigenvalue weighted by Gasteiger charge is -2.19. The summed E-state index contributed by atoms with van der Waals surface area (Å²) < 4.78 is 5.01. The number of hydrogen-bond donors (Lipinski definition) is 1. The first-order valence-corrected chi connectivity index (χ1v) is 5.22. The smallest absolute Gasteiger partial charge is 0.414 e. The Kier molecular flexibility index (Phi) is 3.93. The van der Waals surface area contributed by atoms with Crippen LogP contribution < -0.4 is 5.32 Å². The lowest BCUT2D eigenvalue weighted by atomic mass is 10.2. The first kappa shape index (κ1) is 13.0. The van der Waals surface area contributed by atoms with Crippen molar-refractivity contribution in [3.63, 3.8) is 0 Å². The molecule has 0 fully saturated rings. The molecule has 88 valence electrons. The lowest BCUT2D eigenvalue weighted by molar-refractivity contribution is 0.0634. The second-order valence-electron chi connectivity index (χ2n) is 3.96. The van der Waals surface area contributed by atoms with Crippen LogP contribution in [0.5, 0.6) is 0 Å². The van der Waals surface area contributed by atoms with Gasteiger partial charge in [-0.3, -0.25) is 5.32 Å². The Morgan fingerprint density at radius 2 is 1.81 bits per heavy atom. The highest BCUT2D eigenvalue weighted by Gasteiger charge is 2.17. The van der Waals surface area contributed by atoms with Crippen molar-refractivity contribution in [2.24, 2.45) is 0 Å². The number of rotatable bonds is 1. The van der Waals surface area contributed by atoms with Crippen LogP contribution >= 0.6 is 23.2 Å². The van der Waals surface area contributed by atoms with Crippen molar-refractivity contribution in [1.29, 1.82) is 0 Å². The molecule has 0 unspecified atom stereocenters. The molecule has 0 saturated heterocycles. The highest BCUT2D eigenvalue weighted by Crippen LogP contribution is 2.15. The number of aromatic nitrogens is 2. The predicted octanol–water partition coefficient (Wildman–Crippen LogP) is 3.13. The fourth-order valence-corrected chi connectivity index (χ4v) is 1.26. The van der Waals surface area contributed by atoms with Gasteiger partial charge < -0.3 is 4.74 Å². The fourth-order valence-electron chi connectivity index (χ4n) is 0.841. The molecular formula is C9H11Cl2N3O2. The molecule has 0 bridgehead atoms. The van der Waals surface area contributed by atoms with Crippen molar-refractivity contribution in [2.45, 2.75) is 26.4 Å². The van der Waals surface area contributed by atoms with Gasteiger partial charge in [-0.05, 0) is 20.8 Å². The molecule has 7 heteroatoms. The maximum Gasteiger partial charge on any atom is 0.414 e. The molecule has 1 rings (SSSR count). The van der Waals surface area contributed by atoms with Crippen LogP contribution in [0.1, 0.15) is 20.8 Å². The first-order valence-electron chi connectivity index (χ1n) is 4.46. The van der Waals surface area contributed by atoms with Gasteiger partial charge in [0, 0.05) is 6.07 Å². The van der Waals surface area contributed by atoms with Gasteiger partial charge in [-0.15, -0.1) is 0 Å². The van der Waals surface area contributed by atoms with Gasteiger partial charge in [0.2, 0.25) is 5.95 Å². The van der Waals surface area contributed by atoms with E-state index in [0.717, 1.165) is 0 Å². The third-order valence-electron chi connectivity index (χ3n) is 1.28. The summed E-state index contributed by atoms with van der Waals surface area (Å²) in [6.07, 6.45) is -0.661. The van der Waals surface area contributed by atoms with E-state index in [1.54, 1.807) is 20.8 Å². The number of hydrogen-bond acceptors (Lipinski definition) is 4. The van der Waals surface area contributed by atoms with Crippen molar-refractivity contribution in [2.75, 3.05) is 5.32 Å². The number of ether oxygens (including phenoxy) is 1. The summed E-state index contributed by atoms with van der Waals surface area (Å²) in [4.78, 5) is 18.9. The van der Waals surface area contributed by atoms with Gasteiger partial charge in [0.25, 0.3) is 0 Å². The second kappa shape index (κ2) is 4.84. The van der Waals surface area contributed by atoms with Crippen LogP contribution in [0.3, 0.4) is 0 Å². The van der Waals surface area contributed by atoms with E-state index in [1.165, 1.54) is 6.07 Å². The summed E-state index contributed by atoms with van der Waals surface area (Å²) in [5.41, 5.74) is -0.591. The number of carbonyl (C=O) groups excluding carboxylic acids is 1. The average Bonchev–Trinajstić information content (AvgIpc) is 1.96.